The van der Waals surface area contributed by atoms with Crippen LogP contribution in [-0.2, 0) is 19.8 Å². The molecule has 1 aromatic carbocycles. The van der Waals surface area contributed by atoms with E-state index in [1.165, 1.54) is 6.07 Å². The Balaban J connectivity index is 2.99. The molecule has 0 fully saturated rings. The molecular formula is C18H31F3N3O3P. The molecule has 1 rings (SSSR count). The first kappa shape index (κ1) is 24.6. The van der Waals surface area contributed by atoms with Gasteiger partial charge in [-0.05, 0) is 32.4 Å². The van der Waals surface area contributed by atoms with Gasteiger partial charge in [-0.2, -0.15) is 13.2 Å². The Morgan fingerprint density at radius 2 is 1.64 bits per heavy atom. The van der Waals surface area contributed by atoms with Crippen LogP contribution in [0.25, 0.3) is 0 Å². The fourth-order valence-electron chi connectivity index (χ4n) is 2.63. The summed E-state index contributed by atoms with van der Waals surface area (Å²) in [6.45, 7) is 6.22. The zero-order valence-corrected chi connectivity index (χ0v) is 17.6. The topological polar surface area (TPSA) is 85.6 Å². The highest BCUT2D eigenvalue weighted by atomic mass is 31.2. The normalized spacial score (nSPS) is 12.2. The molecule has 0 amide bonds. The highest BCUT2D eigenvalue weighted by Gasteiger charge is 2.34. The van der Waals surface area contributed by atoms with E-state index in [1.54, 1.807) is 13.8 Å². The van der Waals surface area contributed by atoms with E-state index in [0.29, 0.717) is 6.54 Å². The first-order chi connectivity index (χ1) is 13.2. The third-order valence-corrected chi connectivity index (χ3v) is 5.80. The third kappa shape index (κ3) is 7.89. The molecule has 0 unspecified atom stereocenters. The Morgan fingerprint density at radius 3 is 2.18 bits per heavy atom. The average Bonchev–Trinajstić information content (AvgIpc) is 2.61. The molecule has 4 N–H and O–H groups in total. The van der Waals surface area contributed by atoms with Crippen molar-refractivity contribution in [2.45, 2.75) is 52.6 Å². The minimum Gasteiger partial charge on any atom is -0.397 e. The monoisotopic (exact) mass is 425 g/mol. The van der Waals surface area contributed by atoms with Crippen LogP contribution in [0, 0.1) is 0 Å². The molecule has 0 atom stereocenters. The van der Waals surface area contributed by atoms with E-state index < -0.39 is 19.3 Å². The second-order valence-electron chi connectivity index (χ2n) is 6.25. The first-order valence-electron chi connectivity index (χ1n) is 9.53. The molecule has 0 aliphatic rings. The van der Waals surface area contributed by atoms with Crippen LogP contribution in [0.15, 0.2) is 12.1 Å². The summed E-state index contributed by atoms with van der Waals surface area (Å²) in [7, 11) is -3.41. The first-order valence-corrected chi connectivity index (χ1v) is 11.3. The molecule has 0 aliphatic heterocycles. The molecule has 1 aromatic rings. The van der Waals surface area contributed by atoms with Gasteiger partial charge in [0, 0.05) is 12.2 Å². The molecule has 162 valence electrons. The third-order valence-electron chi connectivity index (χ3n) is 3.96. The molecule has 10 heteroatoms. The summed E-state index contributed by atoms with van der Waals surface area (Å²) in [6.07, 6.45) is -0.945. The summed E-state index contributed by atoms with van der Waals surface area (Å²) in [6, 6.07) is 2.17. The van der Waals surface area contributed by atoms with Crippen molar-refractivity contribution in [3.8, 4) is 0 Å². The second kappa shape index (κ2) is 11.5. The van der Waals surface area contributed by atoms with Gasteiger partial charge in [0.1, 0.15) is 6.29 Å². The SMILES string of the molecule is CCCCCCNc1cc(NCP(=O)(OCC)OCC)c(N)cc1C(F)(F)F. The van der Waals surface area contributed by atoms with Crippen LogP contribution >= 0.6 is 7.60 Å². The Morgan fingerprint density at radius 1 is 1.00 bits per heavy atom. The second-order valence-corrected chi connectivity index (χ2v) is 8.31. The van der Waals surface area contributed by atoms with Crippen LogP contribution in [0.2, 0.25) is 0 Å². The minimum absolute atomic E-state index is 0.0663. The van der Waals surface area contributed by atoms with E-state index in [9.17, 15) is 17.7 Å². The van der Waals surface area contributed by atoms with E-state index in [4.69, 9.17) is 14.8 Å². The molecule has 0 saturated heterocycles. The van der Waals surface area contributed by atoms with Gasteiger partial charge in [-0.25, -0.2) is 0 Å². The molecule has 0 bridgehead atoms. The van der Waals surface area contributed by atoms with Gasteiger partial charge < -0.3 is 25.4 Å². The van der Waals surface area contributed by atoms with Crippen molar-refractivity contribution in [2.75, 3.05) is 42.4 Å². The van der Waals surface area contributed by atoms with Gasteiger partial charge in [-0.3, -0.25) is 4.57 Å². The Labute approximate surface area is 164 Å². The summed E-state index contributed by atoms with van der Waals surface area (Å²) in [5.41, 5.74) is 5.05. The molecule has 6 nitrogen and oxygen atoms in total. The zero-order chi connectivity index (χ0) is 21.2. The van der Waals surface area contributed by atoms with Gasteiger partial charge in [-0.15, -0.1) is 0 Å². The number of rotatable bonds is 13. The van der Waals surface area contributed by atoms with Crippen LogP contribution in [0.4, 0.5) is 30.2 Å². The number of anilines is 3. The molecule has 0 heterocycles. The number of benzene rings is 1. The number of nitrogens with two attached hydrogens (primary N) is 1. The van der Waals surface area contributed by atoms with Crippen LogP contribution in [0.5, 0.6) is 0 Å². The average molecular weight is 425 g/mol. The maximum atomic E-state index is 13.4. The van der Waals surface area contributed by atoms with Crippen LogP contribution in [-0.4, -0.2) is 26.0 Å². The van der Waals surface area contributed by atoms with Crippen LogP contribution in [0.1, 0.15) is 52.0 Å². The van der Waals surface area contributed by atoms with Gasteiger partial charge in [0.05, 0.1) is 30.2 Å². The van der Waals surface area contributed by atoms with E-state index >= 15 is 0 Å². The molecular weight excluding hydrogens is 394 g/mol. The Hall–Kier alpha value is -1.44. The van der Waals surface area contributed by atoms with Gasteiger partial charge in [0.15, 0.2) is 0 Å². The van der Waals surface area contributed by atoms with Crippen molar-refractivity contribution in [3.63, 3.8) is 0 Å². The van der Waals surface area contributed by atoms with Gasteiger partial charge in [0.25, 0.3) is 0 Å². The lowest BCUT2D eigenvalue weighted by Crippen LogP contribution is -2.15. The predicted molar refractivity (Wildman–Crippen MR) is 108 cm³/mol. The number of hydrogen-bond donors (Lipinski definition) is 3. The van der Waals surface area contributed by atoms with Crippen molar-refractivity contribution in [1.82, 2.24) is 0 Å². The Kier molecular flexibility index (Phi) is 10.1. The summed E-state index contributed by atoms with van der Waals surface area (Å²) >= 11 is 0. The molecule has 0 spiro atoms. The summed E-state index contributed by atoms with van der Waals surface area (Å²) < 4.78 is 63.0. The van der Waals surface area contributed by atoms with E-state index in [-0.39, 0.29) is 36.6 Å². The fourth-order valence-corrected chi connectivity index (χ4v) is 4.04. The molecule has 0 aromatic heterocycles. The minimum atomic E-state index is -4.54. The number of nitrogen functional groups attached to an aromatic ring is 1. The number of nitrogens with one attached hydrogen (secondary N) is 2. The van der Waals surface area contributed by atoms with Gasteiger partial charge in [-0.1, -0.05) is 26.2 Å². The van der Waals surface area contributed by atoms with Crippen LogP contribution < -0.4 is 16.4 Å². The fraction of sp³-hybridized carbons (Fsp3) is 0.667. The van der Waals surface area contributed by atoms with Gasteiger partial charge in [0.2, 0.25) is 0 Å². The molecule has 0 saturated carbocycles. The number of halogens is 3. The van der Waals surface area contributed by atoms with Crippen molar-refractivity contribution >= 4 is 24.7 Å². The van der Waals surface area contributed by atoms with E-state index in [1.807, 2.05) is 0 Å². The Bertz CT molecular complexity index is 647. The highest BCUT2D eigenvalue weighted by molar-refractivity contribution is 7.53. The molecule has 0 aliphatic carbocycles. The highest BCUT2D eigenvalue weighted by Crippen LogP contribution is 2.48. The summed E-state index contributed by atoms with van der Waals surface area (Å²) in [5, 5.41) is 5.65. The summed E-state index contributed by atoms with van der Waals surface area (Å²) in [4.78, 5) is 0. The van der Waals surface area contributed by atoms with E-state index in [0.717, 1.165) is 31.7 Å². The lowest BCUT2D eigenvalue weighted by molar-refractivity contribution is -0.136. The number of unbranched alkanes of at least 4 members (excludes halogenated alkanes) is 3. The summed E-state index contributed by atoms with van der Waals surface area (Å²) in [5.74, 6) is 0. The lowest BCUT2D eigenvalue weighted by Gasteiger charge is -2.21. The zero-order valence-electron chi connectivity index (χ0n) is 16.7. The quantitative estimate of drug-likeness (QED) is 0.207. The van der Waals surface area contributed by atoms with Crippen molar-refractivity contribution in [3.05, 3.63) is 17.7 Å². The largest absolute Gasteiger partial charge is 0.418 e. The van der Waals surface area contributed by atoms with Crippen molar-refractivity contribution in [1.29, 1.82) is 0 Å². The van der Waals surface area contributed by atoms with Gasteiger partial charge >= 0.3 is 13.8 Å². The number of hydrogen-bond acceptors (Lipinski definition) is 6. The smallest absolute Gasteiger partial charge is 0.397 e. The molecule has 0 radical (unpaired) electrons. The number of alkyl halides is 3. The van der Waals surface area contributed by atoms with Crippen LogP contribution in [0.3, 0.4) is 0 Å². The maximum Gasteiger partial charge on any atom is 0.418 e. The van der Waals surface area contributed by atoms with Crippen molar-refractivity contribution < 1.29 is 26.8 Å². The maximum absolute atomic E-state index is 13.4. The predicted octanol–water partition coefficient (Wildman–Crippen LogP) is 5.92. The molecule has 28 heavy (non-hydrogen) atoms. The standard InChI is InChI=1S/C18H31F3N3O3P/c1-4-7-8-9-10-23-16-12-17(15(22)11-14(16)18(19,20)21)24-13-28(25,26-5-2)27-6-3/h11-12,23-24H,4-10,13,22H2,1-3H3. The van der Waals surface area contributed by atoms with Crippen molar-refractivity contribution in [2.24, 2.45) is 0 Å². The van der Waals surface area contributed by atoms with E-state index in [2.05, 4.69) is 17.6 Å². The lowest BCUT2D eigenvalue weighted by atomic mass is 10.1.